The van der Waals surface area contributed by atoms with Crippen LogP contribution in [0.3, 0.4) is 0 Å². The fourth-order valence-corrected chi connectivity index (χ4v) is 2.05. The predicted molar refractivity (Wildman–Crippen MR) is 104 cm³/mol. The van der Waals surface area contributed by atoms with Crippen LogP contribution in [0.4, 0.5) is 0 Å². The maximum atomic E-state index is 4.03. The molecule has 0 aliphatic heterocycles. The molecule has 0 unspecified atom stereocenters. The number of benzene rings is 2. The van der Waals surface area contributed by atoms with E-state index in [9.17, 15) is 0 Å². The number of hydrogen-bond donors (Lipinski definition) is 1. The maximum Gasteiger partial charge on any atom is 0.0730 e. The van der Waals surface area contributed by atoms with Gasteiger partial charge in [-0.15, -0.1) is 0 Å². The highest BCUT2D eigenvalue weighted by molar-refractivity contribution is 5.85. The van der Waals surface area contributed by atoms with Gasteiger partial charge < -0.3 is 4.98 Å². The molecule has 122 valence electrons. The summed E-state index contributed by atoms with van der Waals surface area (Å²) < 4.78 is 0. The summed E-state index contributed by atoms with van der Waals surface area (Å²) in [5, 5.41) is 16.1. The third-order valence-corrected chi connectivity index (χ3v) is 3.27. The molecule has 5 nitrogen and oxygen atoms in total. The molecule has 0 atom stereocenters. The number of H-pyrrole nitrogens is 1. The van der Waals surface area contributed by atoms with Crippen LogP contribution in [0.5, 0.6) is 0 Å². The lowest BCUT2D eigenvalue weighted by Crippen LogP contribution is -1.84. The zero-order valence-corrected chi connectivity index (χ0v) is 13.5. The molecular formula is C20H17N5. The molecule has 3 aromatic rings. The van der Waals surface area contributed by atoms with Crippen molar-refractivity contribution in [1.29, 1.82) is 0 Å². The second kappa shape index (κ2) is 8.88. The Morgan fingerprint density at radius 2 is 0.880 bits per heavy atom. The van der Waals surface area contributed by atoms with Crippen molar-refractivity contribution in [3.05, 3.63) is 95.3 Å². The van der Waals surface area contributed by atoms with Gasteiger partial charge in [0.25, 0.3) is 0 Å². The van der Waals surface area contributed by atoms with Crippen LogP contribution in [-0.2, 0) is 0 Å². The first kappa shape index (κ1) is 16.3. The summed E-state index contributed by atoms with van der Waals surface area (Å²) >= 11 is 0. The van der Waals surface area contributed by atoms with E-state index in [-0.39, 0.29) is 0 Å². The summed E-state index contributed by atoms with van der Waals surface area (Å²) in [4.78, 5) is 3.16. The fourth-order valence-electron chi connectivity index (χ4n) is 2.05. The number of nitrogens with zero attached hydrogens (tertiary/aromatic N) is 4. The number of nitrogens with one attached hydrogen (secondary N) is 1. The summed E-state index contributed by atoms with van der Waals surface area (Å²) in [5.74, 6) is 0. The zero-order chi connectivity index (χ0) is 17.2. The van der Waals surface area contributed by atoms with Crippen LogP contribution in [0, 0.1) is 0 Å². The summed E-state index contributed by atoms with van der Waals surface area (Å²) in [5.41, 5.74) is 3.71. The molecule has 3 rings (SSSR count). The standard InChI is InChI=1S/C20H17N5/c1-3-7-17(8-4-1)13-21-23-15-19-11-12-20(25-19)16-24-22-14-18-9-5-2-6-10-18/h1-16,25H/b21-13-,22-14-,23-15?,24-16?. The molecule has 0 amide bonds. The van der Waals surface area contributed by atoms with Gasteiger partial charge in [-0.3, -0.25) is 0 Å². The van der Waals surface area contributed by atoms with Crippen molar-refractivity contribution in [3.8, 4) is 0 Å². The van der Waals surface area contributed by atoms with E-state index in [1.807, 2.05) is 72.8 Å². The summed E-state index contributed by atoms with van der Waals surface area (Å²) in [6.45, 7) is 0. The van der Waals surface area contributed by atoms with E-state index in [4.69, 9.17) is 0 Å². The molecule has 1 heterocycles. The molecule has 5 heteroatoms. The summed E-state index contributed by atoms with van der Waals surface area (Å²) in [6.07, 6.45) is 6.73. The van der Waals surface area contributed by atoms with Crippen LogP contribution < -0.4 is 0 Å². The Hall–Kier alpha value is -3.60. The minimum absolute atomic E-state index is 0.846. The largest absolute Gasteiger partial charge is 0.353 e. The highest BCUT2D eigenvalue weighted by Gasteiger charge is 1.92. The van der Waals surface area contributed by atoms with Crippen molar-refractivity contribution in [2.75, 3.05) is 0 Å². The van der Waals surface area contributed by atoms with Gasteiger partial charge in [0.15, 0.2) is 0 Å². The third kappa shape index (κ3) is 5.51. The van der Waals surface area contributed by atoms with Crippen molar-refractivity contribution in [1.82, 2.24) is 4.98 Å². The molecule has 1 N–H and O–H groups in total. The SMILES string of the molecule is C(=N/N=C\c1ccccc1)c1ccc(C=N/N=C\c2ccccc2)[nH]1. The van der Waals surface area contributed by atoms with Gasteiger partial charge in [0, 0.05) is 0 Å². The Balaban J connectivity index is 1.53. The summed E-state index contributed by atoms with van der Waals surface area (Å²) in [6, 6.07) is 23.5. The highest BCUT2D eigenvalue weighted by Crippen LogP contribution is 1.99. The average molecular weight is 327 g/mol. The lowest BCUT2D eigenvalue weighted by Gasteiger charge is -1.88. The van der Waals surface area contributed by atoms with Gasteiger partial charge in [0.05, 0.1) is 36.2 Å². The van der Waals surface area contributed by atoms with Crippen LogP contribution in [0.2, 0.25) is 0 Å². The van der Waals surface area contributed by atoms with Crippen LogP contribution in [0.1, 0.15) is 22.5 Å². The second-order valence-electron chi connectivity index (χ2n) is 5.17. The molecule has 1 aromatic heterocycles. The third-order valence-electron chi connectivity index (χ3n) is 3.27. The van der Waals surface area contributed by atoms with E-state index < -0.39 is 0 Å². The van der Waals surface area contributed by atoms with Crippen molar-refractivity contribution in [2.24, 2.45) is 20.4 Å². The quantitative estimate of drug-likeness (QED) is 0.527. The number of aromatic nitrogens is 1. The van der Waals surface area contributed by atoms with Crippen LogP contribution in [-0.4, -0.2) is 29.8 Å². The highest BCUT2D eigenvalue weighted by atomic mass is 15.2. The molecule has 0 saturated carbocycles. The van der Waals surface area contributed by atoms with Gasteiger partial charge in [-0.05, 0) is 23.3 Å². The molecule has 0 fully saturated rings. The second-order valence-corrected chi connectivity index (χ2v) is 5.17. The molecular weight excluding hydrogens is 310 g/mol. The monoisotopic (exact) mass is 327 g/mol. The van der Waals surface area contributed by atoms with Crippen molar-refractivity contribution in [2.45, 2.75) is 0 Å². The van der Waals surface area contributed by atoms with E-state index in [0.29, 0.717) is 0 Å². The molecule has 0 bridgehead atoms. The van der Waals surface area contributed by atoms with E-state index in [2.05, 4.69) is 25.4 Å². The Morgan fingerprint density at radius 1 is 0.480 bits per heavy atom. The summed E-state index contributed by atoms with van der Waals surface area (Å²) in [7, 11) is 0. The Bertz CT molecular complexity index is 816. The van der Waals surface area contributed by atoms with E-state index in [1.165, 1.54) is 0 Å². The van der Waals surface area contributed by atoms with E-state index in [1.54, 1.807) is 24.9 Å². The normalized spacial score (nSPS) is 12.2. The fraction of sp³-hybridized carbons (Fsp3) is 0. The van der Waals surface area contributed by atoms with Gasteiger partial charge in [0.2, 0.25) is 0 Å². The van der Waals surface area contributed by atoms with Crippen molar-refractivity contribution < 1.29 is 0 Å². The molecule has 0 aliphatic carbocycles. The van der Waals surface area contributed by atoms with Gasteiger partial charge in [-0.2, -0.15) is 20.4 Å². The van der Waals surface area contributed by atoms with Gasteiger partial charge in [0.1, 0.15) is 0 Å². The number of rotatable bonds is 6. The first-order valence-electron chi connectivity index (χ1n) is 7.82. The molecule has 0 radical (unpaired) electrons. The smallest absolute Gasteiger partial charge is 0.0730 e. The minimum Gasteiger partial charge on any atom is -0.353 e. The zero-order valence-electron chi connectivity index (χ0n) is 13.5. The van der Waals surface area contributed by atoms with Gasteiger partial charge in [-0.1, -0.05) is 60.7 Å². The first-order chi connectivity index (χ1) is 12.4. The van der Waals surface area contributed by atoms with Gasteiger partial charge >= 0.3 is 0 Å². The van der Waals surface area contributed by atoms with Gasteiger partial charge in [-0.25, -0.2) is 0 Å². The Labute approximate surface area is 146 Å². The minimum atomic E-state index is 0.846. The molecule has 0 aliphatic rings. The lowest BCUT2D eigenvalue weighted by atomic mass is 10.2. The predicted octanol–water partition coefficient (Wildman–Crippen LogP) is 3.92. The Kier molecular flexibility index (Phi) is 5.78. The van der Waals surface area contributed by atoms with Crippen molar-refractivity contribution in [3.63, 3.8) is 0 Å². The first-order valence-corrected chi connectivity index (χ1v) is 7.82. The van der Waals surface area contributed by atoms with E-state index >= 15 is 0 Å². The number of hydrogen-bond acceptors (Lipinski definition) is 4. The molecule has 0 spiro atoms. The number of aromatic amines is 1. The lowest BCUT2D eigenvalue weighted by molar-refractivity contribution is 1.24. The maximum absolute atomic E-state index is 4.03. The van der Waals surface area contributed by atoms with Crippen LogP contribution >= 0.6 is 0 Å². The van der Waals surface area contributed by atoms with Crippen LogP contribution in [0.15, 0.2) is 93.2 Å². The molecule has 25 heavy (non-hydrogen) atoms. The Morgan fingerprint density at radius 3 is 1.32 bits per heavy atom. The topological polar surface area (TPSA) is 65.2 Å². The molecule has 0 saturated heterocycles. The van der Waals surface area contributed by atoms with Crippen molar-refractivity contribution >= 4 is 24.9 Å². The van der Waals surface area contributed by atoms with E-state index in [0.717, 1.165) is 22.5 Å². The average Bonchev–Trinajstić information content (AvgIpc) is 3.12. The van der Waals surface area contributed by atoms with Crippen LogP contribution in [0.25, 0.3) is 0 Å². The molecule has 2 aromatic carbocycles.